The fourth-order valence-corrected chi connectivity index (χ4v) is 2.09. The van der Waals surface area contributed by atoms with Crippen LogP contribution in [-0.2, 0) is 4.79 Å². The van der Waals surface area contributed by atoms with Gasteiger partial charge in [-0.1, -0.05) is 23.2 Å². The van der Waals surface area contributed by atoms with Crippen molar-refractivity contribution in [2.24, 2.45) is 0 Å². The Hall–Kier alpha value is -1.85. The van der Waals surface area contributed by atoms with Gasteiger partial charge < -0.3 is 10.1 Å². The number of nitrogens with one attached hydrogen (secondary N) is 1. The van der Waals surface area contributed by atoms with E-state index < -0.39 is 23.6 Å². The minimum atomic E-state index is -0.942. The number of rotatable bonds is 4. The van der Waals surface area contributed by atoms with E-state index in [1.165, 1.54) is 19.1 Å². The van der Waals surface area contributed by atoms with Gasteiger partial charge in [0.15, 0.2) is 6.10 Å². The van der Waals surface area contributed by atoms with Gasteiger partial charge in [-0.25, -0.2) is 8.78 Å². The van der Waals surface area contributed by atoms with E-state index in [2.05, 4.69) is 5.32 Å². The van der Waals surface area contributed by atoms with Gasteiger partial charge in [0.25, 0.3) is 5.91 Å². The Morgan fingerprint density at radius 2 is 1.91 bits per heavy atom. The molecule has 0 heterocycles. The number of anilines is 1. The third-order valence-electron chi connectivity index (χ3n) is 2.76. The second kappa shape index (κ2) is 6.94. The van der Waals surface area contributed by atoms with Crippen LogP contribution in [0.4, 0.5) is 14.5 Å². The van der Waals surface area contributed by atoms with E-state index in [0.29, 0.717) is 11.1 Å². The Kier molecular flexibility index (Phi) is 5.21. The van der Waals surface area contributed by atoms with Crippen LogP contribution in [0, 0.1) is 11.6 Å². The predicted octanol–water partition coefficient (Wildman–Crippen LogP) is 4.68. The van der Waals surface area contributed by atoms with Crippen molar-refractivity contribution in [3.05, 3.63) is 58.1 Å². The second-order valence-corrected chi connectivity index (χ2v) is 5.29. The third kappa shape index (κ3) is 4.08. The molecule has 0 aliphatic carbocycles. The largest absolute Gasteiger partial charge is 0.479 e. The van der Waals surface area contributed by atoms with E-state index in [4.69, 9.17) is 27.9 Å². The molecule has 1 amide bonds. The van der Waals surface area contributed by atoms with Gasteiger partial charge in [-0.15, -0.1) is 0 Å². The Labute approximate surface area is 135 Å². The molecule has 2 aromatic carbocycles. The van der Waals surface area contributed by atoms with Crippen LogP contribution in [-0.4, -0.2) is 12.0 Å². The van der Waals surface area contributed by atoms with E-state index in [1.807, 2.05) is 0 Å². The number of amides is 1. The Balaban J connectivity index is 2.05. The number of hydrogen-bond acceptors (Lipinski definition) is 2. The number of benzene rings is 2. The van der Waals surface area contributed by atoms with E-state index in [0.717, 1.165) is 12.1 Å². The lowest BCUT2D eigenvalue weighted by molar-refractivity contribution is -0.122. The molecule has 0 aliphatic heterocycles. The number of carbonyl (C=O) groups excluding carboxylic acids is 1. The highest BCUT2D eigenvalue weighted by Gasteiger charge is 2.18. The molecule has 3 nitrogen and oxygen atoms in total. The monoisotopic (exact) mass is 345 g/mol. The smallest absolute Gasteiger partial charge is 0.265 e. The molecule has 0 aliphatic rings. The van der Waals surface area contributed by atoms with E-state index in [-0.39, 0.29) is 16.5 Å². The second-order valence-electron chi connectivity index (χ2n) is 4.45. The molecule has 0 saturated carbocycles. The molecule has 0 aromatic heterocycles. The van der Waals surface area contributed by atoms with Crippen molar-refractivity contribution in [1.29, 1.82) is 0 Å². The zero-order chi connectivity index (χ0) is 16.3. The van der Waals surface area contributed by atoms with Crippen LogP contribution in [0.1, 0.15) is 6.92 Å². The first-order chi connectivity index (χ1) is 10.4. The molecule has 0 unspecified atom stereocenters. The number of hydrogen-bond donors (Lipinski definition) is 1. The molecule has 1 atom stereocenters. The van der Waals surface area contributed by atoms with Crippen molar-refractivity contribution < 1.29 is 18.3 Å². The lowest BCUT2D eigenvalue weighted by atomic mass is 10.2. The highest BCUT2D eigenvalue weighted by atomic mass is 35.5. The van der Waals surface area contributed by atoms with Crippen LogP contribution < -0.4 is 10.1 Å². The van der Waals surface area contributed by atoms with Crippen LogP contribution in [0.2, 0.25) is 10.0 Å². The molecule has 1 N–H and O–H groups in total. The standard InChI is InChI=1S/C15H11Cl2F2NO2/c1-8(22-14-5-2-9(16)6-11(14)17)15(21)20-13-4-3-10(18)7-12(13)19/h2-8H,1H3,(H,20,21)/t8-/m0/s1. The fourth-order valence-electron chi connectivity index (χ4n) is 1.64. The Morgan fingerprint density at radius 1 is 1.18 bits per heavy atom. The lowest BCUT2D eigenvalue weighted by Crippen LogP contribution is -2.30. The topological polar surface area (TPSA) is 38.3 Å². The van der Waals surface area contributed by atoms with E-state index in [9.17, 15) is 13.6 Å². The summed E-state index contributed by atoms with van der Waals surface area (Å²) in [6.07, 6.45) is -0.942. The van der Waals surface area contributed by atoms with Gasteiger partial charge in [-0.3, -0.25) is 4.79 Å². The molecular formula is C15H11Cl2F2NO2. The summed E-state index contributed by atoms with van der Waals surface area (Å²) in [5, 5.41) is 3.00. The van der Waals surface area contributed by atoms with E-state index >= 15 is 0 Å². The molecule has 0 saturated heterocycles. The highest BCUT2D eigenvalue weighted by Crippen LogP contribution is 2.28. The van der Waals surface area contributed by atoms with Gasteiger partial charge >= 0.3 is 0 Å². The van der Waals surface area contributed by atoms with Crippen molar-refractivity contribution in [2.75, 3.05) is 5.32 Å². The minimum Gasteiger partial charge on any atom is -0.479 e. The molecule has 2 aromatic rings. The molecule has 2 rings (SSSR count). The third-order valence-corrected chi connectivity index (χ3v) is 3.29. The summed E-state index contributed by atoms with van der Waals surface area (Å²) in [7, 11) is 0. The SMILES string of the molecule is C[C@H](Oc1ccc(Cl)cc1Cl)C(=O)Nc1ccc(F)cc1F. The van der Waals surface area contributed by atoms with Gasteiger partial charge in [0.05, 0.1) is 10.7 Å². The van der Waals surface area contributed by atoms with Crippen LogP contribution in [0.25, 0.3) is 0 Å². The first-order valence-corrected chi connectivity index (χ1v) is 7.00. The highest BCUT2D eigenvalue weighted by molar-refractivity contribution is 6.35. The number of ether oxygens (including phenoxy) is 1. The zero-order valence-corrected chi connectivity index (χ0v) is 12.9. The molecule has 0 spiro atoms. The Bertz CT molecular complexity index is 710. The summed E-state index contributed by atoms with van der Waals surface area (Å²) in [5.41, 5.74) is -0.135. The maximum Gasteiger partial charge on any atom is 0.265 e. The van der Waals surface area contributed by atoms with Crippen LogP contribution in [0.3, 0.4) is 0 Å². The summed E-state index contributed by atoms with van der Waals surface area (Å²) >= 11 is 11.7. The molecule has 22 heavy (non-hydrogen) atoms. The molecule has 0 fully saturated rings. The number of halogens is 4. The van der Waals surface area contributed by atoms with Gasteiger partial charge in [0, 0.05) is 11.1 Å². The first kappa shape index (κ1) is 16.5. The van der Waals surface area contributed by atoms with Gasteiger partial charge in [0.2, 0.25) is 0 Å². The molecule has 7 heteroatoms. The van der Waals surface area contributed by atoms with Gasteiger partial charge in [-0.05, 0) is 37.3 Å². The quantitative estimate of drug-likeness (QED) is 0.873. The summed E-state index contributed by atoms with van der Waals surface area (Å²) in [6, 6.07) is 7.41. The fraction of sp³-hybridized carbons (Fsp3) is 0.133. The maximum atomic E-state index is 13.5. The molecular weight excluding hydrogens is 335 g/mol. The van der Waals surface area contributed by atoms with Crippen molar-refractivity contribution in [2.45, 2.75) is 13.0 Å². The molecule has 116 valence electrons. The number of carbonyl (C=O) groups is 1. The summed E-state index contributed by atoms with van der Waals surface area (Å²) < 4.78 is 31.7. The summed E-state index contributed by atoms with van der Waals surface area (Å²) in [4.78, 5) is 12.0. The maximum absolute atomic E-state index is 13.5. The summed E-state index contributed by atoms with van der Waals surface area (Å²) in [6.45, 7) is 1.47. The van der Waals surface area contributed by atoms with Crippen LogP contribution in [0.5, 0.6) is 5.75 Å². The van der Waals surface area contributed by atoms with Gasteiger partial charge in [0.1, 0.15) is 17.4 Å². The van der Waals surface area contributed by atoms with Crippen molar-refractivity contribution >= 4 is 34.8 Å². The minimum absolute atomic E-state index is 0.135. The lowest BCUT2D eigenvalue weighted by Gasteiger charge is -2.16. The normalized spacial score (nSPS) is 11.9. The van der Waals surface area contributed by atoms with Crippen molar-refractivity contribution in [3.63, 3.8) is 0 Å². The van der Waals surface area contributed by atoms with Crippen LogP contribution >= 0.6 is 23.2 Å². The van der Waals surface area contributed by atoms with Crippen molar-refractivity contribution in [3.8, 4) is 5.75 Å². The zero-order valence-electron chi connectivity index (χ0n) is 11.4. The Morgan fingerprint density at radius 3 is 2.55 bits per heavy atom. The van der Waals surface area contributed by atoms with Crippen molar-refractivity contribution in [1.82, 2.24) is 0 Å². The summed E-state index contributed by atoms with van der Waals surface area (Å²) in [5.74, 6) is -1.93. The van der Waals surface area contributed by atoms with Gasteiger partial charge in [-0.2, -0.15) is 0 Å². The predicted molar refractivity (Wildman–Crippen MR) is 81.5 cm³/mol. The van der Waals surface area contributed by atoms with Crippen LogP contribution in [0.15, 0.2) is 36.4 Å². The first-order valence-electron chi connectivity index (χ1n) is 6.24. The molecule has 0 bridgehead atoms. The van der Waals surface area contributed by atoms with E-state index in [1.54, 1.807) is 6.07 Å². The molecule has 0 radical (unpaired) electrons. The average molecular weight is 346 g/mol. The average Bonchev–Trinajstić information content (AvgIpc) is 2.44.